The minimum Gasteiger partial charge on any atom is -0.481 e. The van der Waals surface area contributed by atoms with Crippen molar-refractivity contribution in [2.45, 2.75) is 31.6 Å². The normalized spacial score (nSPS) is 16.0. The smallest absolute Gasteiger partial charge is 0.307 e. The molecule has 1 fully saturated rings. The second-order valence-corrected chi connectivity index (χ2v) is 4.48. The molecule has 3 rings (SSSR count). The van der Waals surface area contributed by atoms with Gasteiger partial charge in [-0.1, -0.05) is 12.5 Å². The van der Waals surface area contributed by atoms with E-state index in [2.05, 4.69) is 10.2 Å². The van der Waals surface area contributed by atoms with Crippen LogP contribution in [0.5, 0.6) is 0 Å². The molecule has 0 aliphatic heterocycles. The molecule has 17 heavy (non-hydrogen) atoms. The number of hydrogen-bond acceptors (Lipinski definition) is 3. The molecule has 5 nitrogen and oxygen atoms in total. The third-order valence-electron chi connectivity index (χ3n) is 3.35. The highest BCUT2D eigenvalue weighted by molar-refractivity contribution is 5.73. The van der Waals surface area contributed by atoms with Crippen LogP contribution in [-0.4, -0.2) is 25.7 Å². The molecule has 0 radical (unpaired) electrons. The summed E-state index contributed by atoms with van der Waals surface area (Å²) in [5.41, 5.74) is 1.40. The van der Waals surface area contributed by atoms with Gasteiger partial charge < -0.3 is 5.11 Å². The summed E-state index contributed by atoms with van der Waals surface area (Å²) >= 11 is 0. The first kappa shape index (κ1) is 10.3. The molecule has 1 aliphatic rings. The Kier molecular flexibility index (Phi) is 2.31. The van der Waals surface area contributed by atoms with E-state index in [1.54, 1.807) is 6.07 Å². The number of hydrogen-bond donors (Lipinski definition) is 1. The number of carboxylic acids is 1. The second kappa shape index (κ2) is 3.84. The molecule has 5 heteroatoms. The van der Waals surface area contributed by atoms with Crippen molar-refractivity contribution in [3.05, 3.63) is 29.7 Å². The zero-order chi connectivity index (χ0) is 11.8. The van der Waals surface area contributed by atoms with Crippen LogP contribution in [0, 0.1) is 0 Å². The molecular formula is C12H13N3O2. The lowest BCUT2D eigenvalue weighted by Crippen LogP contribution is -2.12. The van der Waals surface area contributed by atoms with Gasteiger partial charge in [0.25, 0.3) is 0 Å². The van der Waals surface area contributed by atoms with Gasteiger partial charge in [0.1, 0.15) is 5.82 Å². The van der Waals surface area contributed by atoms with Gasteiger partial charge in [0, 0.05) is 17.7 Å². The predicted octanol–water partition coefficient (Wildman–Crippen LogP) is 1.62. The maximum atomic E-state index is 10.8. The monoisotopic (exact) mass is 231 g/mol. The van der Waals surface area contributed by atoms with Crippen molar-refractivity contribution in [1.29, 1.82) is 0 Å². The van der Waals surface area contributed by atoms with E-state index in [0.717, 1.165) is 24.2 Å². The Labute approximate surface area is 98.1 Å². The Morgan fingerprint density at radius 3 is 2.94 bits per heavy atom. The van der Waals surface area contributed by atoms with Gasteiger partial charge >= 0.3 is 5.97 Å². The van der Waals surface area contributed by atoms with Crippen molar-refractivity contribution in [1.82, 2.24) is 14.6 Å². The van der Waals surface area contributed by atoms with Gasteiger partial charge in [-0.15, -0.1) is 10.2 Å². The Bertz CT molecular complexity index is 572. The van der Waals surface area contributed by atoms with Gasteiger partial charge in [-0.05, 0) is 18.9 Å². The Balaban J connectivity index is 2.07. The summed E-state index contributed by atoms with van der Waals surface area (Å²) in [6, 6.07) is 3.65. The van der Waals surface area contributed by atoms with Crippen LogP contribution in [0.4, 0.5) is 0 Å². The van der Waals surface area contributed by atoms with Crippen LogP contribution in [0.3, 0.4) is 0 Å². The highest BCUT2D eigenvalue weighted by atomic mass is 16.4. The van der Waals surface area contributed by atoms with Crippen LogP contribution >= 0.6 is 0 Å². The molecular weight excluding hydrogens is 218 g/mol. The zero-order valence-electron chi connectivity index (χ0n) is 9.33. The molecule has 1 N–H and O–H groups in total. The van der Waals surface area contributed by atoms with E-state index in [1.165, 1.54) is 6.42 Å². The molecule has 0 spiro atoms. The molecule has 1 aliphatic carbocycles. The van der Waals surface area contributed by atoms with Gasteiger partial charge in [-0.25, -0.2) is 0 Å². The van der Waals surface area contributed by atoms with Crippen LogP contribution < -0.4 is 0 Å². The van der Waals surface area contributed by atoms with Gasteiger partial charge in [-0.3, -0.25) is 9.20 Å². The fourth-order valence-electron chi connectivity index (χ4n) is 2.23. The number of aliphatic carboxylic acids is 1. The standard InChI is InChI=1S/C12H13N3O2/c16-10(17)7-9-5-2-6-15-11(8-3-1-4-8)13-14-12(9)15/h2,5-6,8H,1,3-4,7H2,(H,16,17). The molecule has 2 aromatic heterocycles. The van der Waals surface area contributed by atoms with Gasteiger partial charge in [0.05, 0.1) is 6.42 Å². The van der Waals surface area contributed by atoms with Crippen LogP contribution in [0.25, 0.3) is 5.65 Å². The van der Waals surface area contributed by atoms with E-state index in [0.29, 0.717) is 11.6 Å². The van der Waals surface area contributed by atoms with Crippen molar-refractivity contribution in [2.24, 2.45) is 0 Å². The molecule has 0 bridgehead atoms. The van der Waals surface area contributed by atoms with Crippen molar-refractivity contribution < 1.29 is 9.90 Å². The summed E-state index contributed by atoms with van der Waals surface area (Å²) in [7, 11) is 0. The minimum absolute atomic E-state index is 0.00681. The van der Waals surface area contributed by atoms with Crippen LogP contribution in [0.15, 0.2) is 18.3 Å². The van der Waals surface area contributed by atoms with Crippen LogP contribution in [-0.2, 0) is 11.2 Å². The summed E-state index contributed by atoms with van der Waals surface area (Å²) in [6.45, 7) is 0. The van der Waals surface area contributed by atoms with Crippen LogP contribution in [0.2, 0.25) is 0 Å². The number of fused-ring (bicyclic) bond motifs is 1. The van der Waals surface area contributed by atoms with Crippen molar-refractivity contribution >= 4 is 11.6 Å². The lowest BCUT2D eigenvalue weighted by Gasteiger charge is -2.23. The Hall–Kier alpha value is -1.91. The van der Waals surface area contributed by atoms with E-state index in [-0.39, 0.29) is 6.42 Å². The number of carboxylic acid groups (broad SMARTS) is 1. The Morgan fingerprint density at radius 1 is 1.47 bits per heavy atom. The van der Waals surface area contributed by atoms with E-state index in [9.17, 15) is 4.79 Å². The molecule has 88 valence electrons. The molecule has 0 atom stereocenters. The molecule has 0 aromatic carbocycles. The van der Waals surface area contributed by atoms with E-state index < -0.39 is 5.97 Å². The third kappa shape index (κ3) is 1.67. The fourth-order valence-corrected chi connectivity index (χ4v) is 2.23. The first-order valence-corrected chi connectivity index (χ1v) is 5.80. The SMILES string of the molecule is O=C(O)Cc1cccn2c(C3CCC3)nnc12. The van der Waals surface area contributed by atoms with Crippen LogP contribution in [0.1, 0.15) is 36.6 Å². The van der Waals surface area contributed by atoms with E-state index in [4.69, 9.17) is 5.11 Å². The molecule has 2 aromatic rings. The van der Waals surface area contributed by atoms with Gasteiger partial charge in [0.15, 0.2) is 5.65 Å². The van der Waals surface area contributed by atoms with Crippen molar-refractivity contribution in [3.8, 4) is 0 Å². The molecule has 1 saturated carbocycles. The maximum absolute atomic E-state index is 10.8. The quantitative estimate of drug-likeness (QED) is 0.871. The summed E-state index contributed by atoms with van der Waals surface area (Å²) in [4.78, 5) is 10.8. The maximum Gasteiger partial charge on any atom is 0.307 e. The summed E-state index contributed by atoms with van der Waals surface area (Å²) in [5, 5.41) is 17.2. The molecule has 0 unspecified atom stereocenters. The summed E-state index contributed by atoms with van der Waals surface area (Å²) in [6.07, 6.45) is 5.46. The summed E-state index contributed by atoms with van der Waals surface area (Å²) in [5.74, 6) is 0.620. The zero-order valence-corrected chi connectivity index (χ0v) is 9.33. The largest absolute Gasteiger partial charge is 0.481 e. The average Bonchev–Trinajstić information content (AvgIpc) is 2.60. The lowest BCUT2D eigenvalue weighted by atomic mass is 9.85. The number of nitrogens with zero attached hydrogens (tertiary/aromatic N) is 3. The number of rotatable bonds is 3. The minimum atomic E-state index is -0.841. The lowest BCUT2D eigenvalue weighted by molar-refractivity contribution is -0.136. The van der Waals surface area contributed by atoms with Gasteiger partial charge in [0.2, 0.25) is 0 Å². The first-order chi connectivity index (χ1) is 8.25. The van der Waals surface area contributed by atoms with E-state index in [1.807, 2.05) is 16.7 Å². The van der Waals surface area contributed by atoms with Crippen molar-refractivity contribution in [2.75, 3.05) is 0 Å². The highest BCUT2D eigenvalue weighted by Crippen LogP contribution is 2.35. The first-order valence-electron chi connectivity index (χ1n) is 5.80. The fraction of sp³-hybridized carbons (Fsp3) is 0.417. The second-order valence-electron chi connectivity index (χ2n) is 4.48. The van der Waals surface area contributed by atoms with Crippen molar-refractivity contribution in [3.63, 3.8) is 0 Å². The summed E-state index contributed by atoms with van der Waals surface area (Å²) < 4.78 is 1.93. The molecule has 2 heterocycles. The topological polar surface area (TPSA) is 67.5 Å². The molecule has 0 amide bonds. The average molecular weight is 231 g/mol. The third-order valence-corrected chi connectivity index (χ3v) is 3.35. The number of carbonyl (C=O) groups is 1. The van der Waals surface area contributed by atoms with Gasteiger partial charge in [-0.2, -0.15) is 0 Å². The Morgan fingerprint density at radius 2 is 2.29 bits per heavy atom. The van der Waals surface area contributed by atoms with E-state index >= 15 is 0 Å². The highest BCUT2D eigenvalue weighted by Gasteiger charge is 2.25. The molecule has 0 saturated heterocycles. The predicted molar refractivity (Wildman–Crippen MR) is 60.9 cm³/mol. The number of pyridine rings is 1. The number of aromatic nitrogens is 3.